The maximum atomic E-state index is 10.3. The number of carbonyl (C=O) groups excluding carboxylic acids is 1. The molecular formula is C7H13NO2. The number of nitrogens with two attached hydrogens (primary N) is 1. The molecule has 1 aliphatic rings. The van der Waals surface area contributed by atoms with Gasteiger partial charge in [0.25, 0.3) is 0 Å². The monoisotopic (exact) mass is 143 g/mol. The average molecular weight is 143 g/mol. The summed E-state index contributed by atoms with van der Waals surface area (Å²) >= 11 is 0. The van der Waals surface area contributed by atoms with Gasteiger partial charge in [0.1, 0.15) is 6.10 Å². The van der Waals surface area contributed by atoms with E-state index < -0.39 is 6.09 Å². The SMILES string of the molecule is C[C@@H]1CCCC1OC(N)=O. The zero-order chi connectivity index (χ0) is 7.56. The highest BCUT2D eigenvalue weighted by atomic mass is 16.6. The molecule has 3 heteroatoms. The first-order valence-corrected chi connectivity index (χ1v) is 3.66. The van der Waals surface area contributed by atoms with Gasteiger partial charge < -0.3 is 10.5 Å². The van der Waals surface area contributed by atoms with Gasteiger partial charge in [-0.25, -0.2) is 4.79 Å². The minimum Gasteiger partial charge on any atom is -0.446 e. The highest BCUT2D eigenvalue weighted by Crippen LogP contribution is 2.27. The van der Waals surface area contributed by atoms with Crippen LogP contribution in [0.15, 0.2) is 0 Å². The molecule has 2 N–H and O–H groups in total. The van der Waals surface area contributed by atoms with E-state index in [1.807, 2.05) is 0 Å². The zero-order valence-electron chi connectivity index (χ0n) is 6.17. The van der Waals surface area contributed by atoms with Crippen molar-refractivity contribution in [1.82, 2.24) is 0 Å². The lowest BCUT2D eigenvalue weighted by Crippen LogP contribution is -2.24. The minimum absolute atomic E-state index is 0.0810. The Morgan fingerprint density at radius 3 is 2.70 bits per heavy atom. The van der Waals surface area contributed by atoms with Crippen molar-refractivity contribution in [2.45, 2.75) is 32.3 Å². The van der Waals surface area contributed by atoms with Crippen molar-refractivity contribution in [1.29, 1.82) is 0 Å². The van der Waals surface area contributed by atoms with Crippen molar-refractivity contribution in [3.8, 4) is 0 Å². The third-order valence-electron chi connectivity index (χ3n) is 2.05. The summed E-state index contributed by atoms with van der Waals surface area (Å²) in [7, 11) is 0. The number of primary amides is 1. The number of hydrogen-bond acceptors (Lipinski definition) is 2. The van der Waals surface area contributed by atoms with Gasteiger partial charge in [-0.2, -0.15) is 0 Å². The highest BCUT2D eigenvalue weighted by Gasteiger charge is 2.25. The van der Waals surface area contributed by atoms with Gasteiger partial charge in [-0.05, 0) is 25.2 Å². The summed E-state index contributed by atoms with van der Waals surface area (Å²) < 4.78 is 4.86. The molecule has 1 saturated carbocycles. The van der Waals surface area contributed by atoms with Crippen LogP contribution in [-0.2, 0) is 4.74 Å². The van der Waals surface area contributed by atoms with Crippen LogP contribution < -0.4 is 5.73 Å². The Bertz CT molecular complexity index is 136. The molecule has 1 aliphatic carbocycles. The molecule has 1 amide bonds. The normalized spacial score (nSPS) is 32.1. The summed E-state index contributed by atoms with van der Waals surface area (Å²) in [5.41, 5.74) is 4.87. The number of amides is 1. The molecule has 0 saturated heterocycles. The Hall–Kier alpha value is -0.730. The number of hydrogen-bond donors (Lipinski definition) is 1. The second kappa shape index (κ2) is 2.90. The van der Waals surface area contributed by atoms with E-state index in [2.05, 4.69) is 6.92 Å². The fraction of sp³-hybridized carbons (Fsp3) is 0.857. The van der Waals surface area contributed by atoms with E-state index in [9.17, 15) is 4.79 Å². The molecule has 58 valence electrons. The number of carbonyl (C=O) groups is 1. The summed E-state index contributed by atoms with van der Waals surface area (Å²) in [6.07, 6.45) is 2.72. The van der Waals surface area contributed by atoms with Gasteiger partial charge >= 0.3 is 6.09 Å². The van der Waals surface area contributed by atoms with Crippen LogP contribution in [0.4, 0.5) is 4.79 Å². The van der Waals surface area contributed by atoms with Gasteiger partial charge in [0.05, 0.1) is 0 Å². The fourth-order valence-corrected chi connectivity index (χ4v) is 1.44. The Morgan fingerprint density at radius 2 is 2.30 bits per heavy atom. The van der Waals surface area contributed by atoms with E-state index in [1.165, 1.54) is 0 Å². The summed E-state index contributed by atoms with van der Waals surface area (Å²) in [5, 5.41) is 0. The molecule has 0 heterocycles. The van der Waals surface area contributed by atoms with Crippen molar-refractivity contribution < 1.29 is 9.53 Å². The number of ether oxygens (including phenoxy) is 1. The van der Waals surface area contributed by atoms with Crippen molar-refractivity contribution in [3.05, 3.63) is 0 Å². The molecule has 0 bridgehead atoms. The van der Waals surface area contributed by atoms with Gasteiger partial charge in [0.15, 0.2) is 0 Å². The molecule has 0 aliphatic heterocycles. The second-order valence-electron chi connectivity index (χ2n) is 2.88. The van der Waals surface area contributed by atoms with E-state index in [1.54, 1.807) is 0 Å². The molecule has 3 nitrogen and oxygen atoms in total. The molecule has 0 aromatic heterocycles. The molecule has 0 aromatic rings. The number of rotatable bonds is 1. The fourth-order valence-electron chi connectivity index (χ4n) is 1.44. The van der Waals surface area contributed by atoms with Crippen LogP contribution in [0.1, 0.15) is 26.2 Å². The summed E-state index contributed by atoms with van der Waals surface area (Å²) in [6, 6.07) is 0. The van der Waals surface area contributed by atoms with Crippen LogP contribution in [0.25, 0.3) is 0 Å². The maximum Gasteiger partial charge on any atom is 0.404 e. The summed E-state index contributed by atoms with van der Waals surface area (Å²) in [6.45, 7) is 2.08. The van der Waals surface area contributed by atoms with E-state index in [4.69, 9.17) is 10.5 Å². The average Bonchev–Trinajstić information content (AvgIpc) is 2.15. The second-order valence-corrected chi connectivity index (χ2v) is 2.88. The van der Waals surface area contributed by atoms with Gasteiger partial charge in [-0.15, -0.1) is 0 Å². The Balaban J connectivity index is 2.33. The maximum absolute atomic E-state index is 10.3. The lowest BCUT2D eigenvalue weighted by Gasteiger charge is -2.13. The first-order valence-electron chi connectivity index (χ1n) is 3.66. The predicted octanol–water partition coefficient (Wildman–Crippen LogP) is 1.27. The van der Waals surface area contributed by atoms with Crippen LogP contribution in [0.3, 0.4) is 0 Å². The quantitative estimate of drug-likeness (QED) is 0.601. The molecule has 0 aromatic carbocycles. The molecule has 1 unspecified atom stereocenters. The Morgan fingerprint density at radius 1 is 1.60 bits per heavy atom. The van der Waals surface area contributed by atoms with Crippen LogP contribution >= 0.6 is 0 Å². The van der Waals surface area contributed by atoms with Crippen LogP contribution in [0.5, 0.6) is 0 Å². The van der Waals surface area contributed by atoms with Gasteiger partial charge in [-0.3, -0.25) is 0 Å². The molecule has 10 heavy (non-hydrogen) atoms. The Labute approximate surface area is 60.5 Å². The van der Waals surface area contributed by atoms with E-state index in [-0.39, 0.29) is 6.10 Å². The third-order valence-corrected chi connectivity index (χ3v) is 2.05. The molecule has 0 radical (unpaired) electrons. The van der Waals surface area contributed by atoms with Crippen molar-refractivity contribution in [2.24, 2.45) is 11.7 Å². The third kappa shape index (κ3) is 1.62. The standard InChI is InChI=1S/C7H13NO2/c1-5-3-2-4-6(5)10-7(8)9/h5-6H,2-4H2,1H3,(H2,8,9)/t5-,6?/m1/s1. The molecule has 1 fully saturated rings. The highest BCUT2D eigenvalue weighted by molar-refractivity contribution is 5.64. The Kier molecular flexibility index (Phi) is 2.14. The van der Waals surface area contributed by atoms with Crippen molar-refractivity contribution >= 4 is 6.09 Å². The van der Waals surface area contributed by atoms with E-state index in [0.717, 1.165) is 19.3 Å². The lowest BCUT2D eigenvalue weighted by molar-refractivity contribution is 0.0880. The van der Waals surface area contributed by atoms with Gasteiger partial charge in [0, 0.05) is 0 Å². The first kappa shape index (κ1) is 7.38. The van der Waals surface area contributed by atoms with Crippen LogP contribution in [0.2, 0.25) is 0 Å². The largest absolute Gasteiger partial charge is 0.446 e. The topological polar surface area (TPSA) is 52.3 Å². The van der Waals surface area contributed by atoms with Crippen molar-refractivity contribution in [2.75, 3.05) is 0 Å². The molecular weight excluding hydrogens is 130 g/mol. The first-order chi connectivity index (χ1) is 4.70. The molecule has 1 rings (SSSR count). The smallest absolute Gasteiger partial charge is 0.404 e. The van der Waals surface area contributed by atoms with Gasteiger partial charge in [-0.1, -0.05) is 6.92 Å². The van der Waals surface area contributed by atoms with Gasteiger partial charge in [0.2, 0.25) is 0 Å². The van der Waals surface area contributed by atoms with E-state index >= 15 is 0 Å². The summed E-state index contributed by atoms with van der Waals surface area (Å²) in [5.74, 6) is 0.493. The predicted molar refractivity (Wildman–Crippen MR) is 37.5 cm³/mol. The van der Waals surface area contributed by atoms with Crippen LogP contribution in [-0.4, -0.2) is 12.2 Å². The van der Waals surface area contributed by atoms with Crippen molar-refractivity contribution in [3.63, 3.8) is 0 Å². The minimum atomic E-state index is -0.640. The summed E-state index contributed by atoms with van der Waals surface area (Å²) in [4.78, 5) is 10.3. The zero-order valence-corrected chi connectivity index (χ0v) is 6.17. The molecule has 0 spiro atoms. The van der Waals surface area contributed by atoms with Crippen LogP contribution in [0, 0.1) is 5.92 Å². The lowest BCUT2D eigenvalue weighted by atomic mass is 10.1. The van der Waals surface area contributed by atoms with E-state index in [0.29, 0.717) is 5.92 Å². The molecule has 2 atom stereocenters.